The molecule has 2 nitrogen and oxygen atoms in total. The van der Waals surface area contributed by atoms with Gasteiger partial charge in [-0.05, 0) is 30.0 Å². The van der Waals surface area contributed by atoms with Crippen molar-refractivity contribution in [1.29, 1.82) is 0 Å². The lowest BCUT2D eigenvalue weighted by Gasteiger charge is -2.09. The third-order valence-corrected chi connectivity index (χ3v) is 2.72. The lowest BCUT2D eigenvalue weighted by atomic mass is 10.0. The molecule has 0 aliphatic rings. The van der Waals surface area contributed by atoms with E-state index < -0.39 is 0 Å². The second-order valence-corrected chi connectivity index (χ2v) is 4.37. The summed E-state index contributed by atoms with van der Waals surface area (Å²) in [5.74, 6) is 0. The van der Waals surface area contributed by atoms with E-state index in [0.717, 1.165) is 13.0 Å². The van der Waals surface area contributed by atoms with Crippen molar-refractivity contribution in [2.75, 3.05) is 6.54 Å². The van der Waals surface area contributed by atoms with Gasteiger partial charge in [-0.2, -0.15) is 0 Å². The number of hydrogen-bond donors (Lipinski definition) is 1. The van der Waals surface area contributed by atoms with Gasteiger partial charge < -0.3 is 5.32 Å². The number of benzene rings is 1. The molecular weight excluding hydrogens is 196 g/mol. The Balaban J connectivity index is 2.17. The first-order valence-electron chi connectivity index (χ1n) is 5.82. The number of nitrogens with zero attached hydrogens (tertiary/aromatic N) is 1. The predicted molar refractivity (Wildman–Crippen MR) is 68.6 cm³/mol. The van der Waals surface area contributed by atoms with Crippen LogP contribution >= 0.6 is 0 Å². The van der Waals surface area contributed by atoms with Crippen LogP contribution in [0.5, 0.6) is 0 Å². The van der Waals surface area contributed by atoms with Gasteiger partial charge in [0.05, 0.1) is 0 Å². The molecule has 0 fully saturated rings. The van der Waals surface area contributed by atoms with Gasteiger partial charge in [-0.1, -0.05) is 32.0 Å². The second kappa shape index (κ2) is 5.08. The zero-order valence-corrected chi connectivity index (χ0v) is 9.90. The van der Waals surface area contributed by atoms with Gasteiger partial charge >= 0.3 is 0 Å². The third kappa shape index (κ3) is 2.58. The van der Waals surface area contributed by atoms with Crippen molar-refractivity contribution in [3.8, 4) is 0 Å². The fraction of sp³-hybridized carbons (Fsp3) is 0.357. The van der Waals surface area contributed by atoms with Crippen molar-refractivity contribution >= 4 is 10.8 Å². The lowest BCUT2D eigenvalue weighted by molar-refractivity contribution is 0.591. The highest BCUT2D eigenvalue weighted by Crippen LogP contribution is 2.17. The molecule has 0 spiro atoms. The number of fused-ring (bicyclic) bond motifs is 1. The summed E-state index contributed by atoms with van der Waals surface area (Å²) in [7, 11) is 0. The van der Waals surface area contributed by atoms with Crippen LogP contribution in [-0.4, -0.2) is 17.6 Å². The number of pyridine rings is 1. The van der Waals surface area contributed by atoms with Crippen LogP contribution in [0.3, 0.4) is 0 Å². The molecule has 1 aromatic carbocycles. The molecule has 0 aliphatic carbocycles. The number of aromatic nitrogens is 1. The maximum atomic E-state index is 4.15. The quantitative estimate of drug-likeness (QED) is 0.846. The minimum Gasteiger partial charge on any atom is -0.314 e. The maximum Gasteiger partial charge on any atom is 0.0346 e. The smallest absolute Gasteiger partial charge is 0.0346 e. The zero-order valence-electron chi connectivity index (χ0n) is 9.90. The monoisotopic (exact) mass is 214 g/mol. The molecule has 0 saturated carbocycles. The molecule has 0 atom stereocenters. The van der Waals surface area contributed by atoms with Crippen molar-refractivity contribution < 1.29 is 0 Å². The highest BCUT2D eigenvalue weighted by atomic mass is 14.9. The zero-order chi connectivity index (χ0) is 11.4. The average Bonchev–Trinajstić information content (AvgIpc) is 2.29. The summed E-state index contributed by atoms with van der Waals surface area (Å²) >= 11 is 0. The van der Waals surface area contributed by atoms with Crippen LogP contribution in [0.15, 0.2) is 36.7 Å². The topological polar surface area (TPSA) is 24.9 Å². The summed E-state index contributed by atoms with van der Waals surface area (Å²) in [4.78, 5) is 4.15. The summed E-state index contributed by atoms with van der Waals surface area (Å²) in [6, 6.07) is 9.07. The molecule has 1 heterocycles. The minimum absolute atomic E-state index is 0.552. The molecule has 0 saturated heterocycles. The molecule has 1 N–H and O–H groups in total. The first-order chi connectivity index (χ1) is 7.77. The van der Waals surface area contributed by atoms with Crippen LogP contribution in [0, 0.1) is 0 Å². The molecule has 2 rings (SSSR count). The fourth-order valence-corrected chi connectivity index (χ4v) is 1.90. The normalized spacial score (nSPS) is 11.2. The SMILES string of the molecule is CC(C)NCCc1cccc2cnccc12. The van der Waals surface area contributed by atoms with Gasteiger partial charge in [0.2, 0.25) is 0 Å². The Morgan fingerprint density at radius 1 is 1.25 bits per heavy atom. The number of rotatable bonds is 4. The standard InChI is InChI=1S/C14H18N2/c1-11(2)16-9-6-12-4-3-5-13-10-15-8-7-14(12)13/h3-5,7-8,10-11,16H,6,9H2,1-2H3. The highest BCUT2D eigenvalue weighted by molar-refractivity contribution is 5.84. The maximum absolute atomic E-state index is 4.15. The van der Waals surface area contributed by atoms with Gasteiger partial charge in [0, 0.05) is 23.8 Å². The summed E-state index contributed by atoms with van der Waals surface area (Å²) in [6.45, 7) is 5.37. The van der Waals surface area contributed by atoms with E-state index in [1.807, 2.05) is 12.4 Å². The van der Waals surface area contributed by atoms with Crippen LogP contribution in [0.25, 0.3) is 10.8 Å². The van der Waals surface area contributed by atoms with Crippen LogP contribution < -0.4 is 5.32 Å². The molecule has 2 heteroatoms. The molecule has 0 aliphatic heterocycles. The number of hydrogen-bond acceptors (Lipinski definition) is 2. The largest absolute Gasteiger partial charge is 0.314 e. The Morgan fingerprint density at radius 3 is 2.94 bits per heavy atom. The molecule has 16 heavy (non-hydrogen) atoms. The van der Waals surface area contributed by atoms with Crippen LogP contribution in [0.4, 0.5) is 0 Å². The van der Waals surface area contributed by atoms with Gasteiger partial charge in [-0.25, -0.2) is 0 Å². The highest BCUT2D eigenvalue weighted by Gasteiger charge is 2.00. The van der Waals surface area contributed by atoms with Crippen molar-refractivity contribution in [3.05, 3.63) is 42.2 Å². The molecule has 84 valence electrons. The summed E-state index contributed by atoms with van der Waals surface area (Å²) in [6.07, 6.45) is 4.86. The minimum atomic E-state index is 0.552. The third-order valence-electron chi connectivity index (χ3n) is 2.72. The Morgan fingerprint density at radius 2 is 2.12 bits per heavy atom. The van der Waals surface area contributed by atoms with Gasteiger partial charge in [0.25, 0.3) is 0 Å². The van der Waals surface area contributed by atoms with Crippen LogP contribution in [0.1, 0.15) is 19.4 Å². The molecular formula is C14H18N2. The van der Waals surface area contributed by atoms with E-state index in [-0.39, 0.29) is 0 Å². The second-order valence-electron chi connectivity index (χ2n) is 4.37. The first-order valence-corrected chi connectivity index (χ1v) is 5.82. The van der Waals surface area contributed by atoms with Crippen molar-refractivity contribution in [2.24, 2.45) is 0 Å². The van der Waals surface area contributed by atoms with Crippen molar-refractivity contribution in [1.82, 2.24) is 10.3 Å². The Kier molecular flexibility index (Phi) is 3.52. The number of nitrogens with one attached hydrogen (secondary N) is 1. The van der Waals surface area contributed by atoms with Crippen LogP contribution in [0.2, 0.25) is 0 Å². The molecule has 1 aromatic heterocycles. The van der Waals surface area contributed by atoms with E-state index in [1.165, 1.54) is 16.3 Å². The van der Waals surface area contributed by atoms with Gasteiger partial charge in [0.1, 0.15) is 0 Å². The molecule has 0 bridgehead atoms. The predicted octanol–water partition coefficient (Wildman–Crippen LogP) is 2.78. The molecule has 2 aromatic rings. The fourth-order valence-electron chi connectivity index (χ4n) is 1.90. The van der Waals surface area contributed by atoms with E-state index in [0.29, 0.717) is 6.04 Å². The summed E-state index contributed by atoms with van der Waals surface area (Å²) < 4.78 is 0. The molecule has 0 radical (unpaired) electrons. The first kappa shape index (κ1) is 11.1. The Hall–Kier alpha value is -1.41. The van der Waals surface area contributed by atoms with Crippen molar-refractivity contribution in [3.63, 3.8) is 0 Å². The Labute approximate surface area is 96.7 Å². The van der Waals surface area contributed by atoms with E-state index in [9.17, 15) is 0 Å². The van der Waals surface area contributed by atoms with E-state index >= 15 is 0 Å². The van der Waals surface area contributed by atoms with Crippen molar-refractivity contribution in [2.45, 2.75) is 26.3 Å². The molecule has 0 unspecified atom stereocenters. The van der Waals surface area contributed by atoms with Gasteiger partial charge in [-0.3, -0.25) is 4.98 Å². The van der Waals surface area contributed by atoms with Crippen LogP contribution in [-0.2, 0) is 6.42 Å². The molecule has 0 amide bonds. The van der Waals surface area contributed by atoms with Gasteiger partial charge in [0.15, 0.2) is 0 Å². The summed E-state index contributed by atoms with van der Waals surface area (Å²) in [5, 5.41) is 5.99. The average molecular weight is 214 g/mol. The van der Waals surface area contributed by atoms with Gasteiger partial charge in [-0.15, -0.1) is 0 Å². The Bertz CT molecular complexity index is 458. The van der Waals surface area contributed by atoms with E-state index in [1.54, 1.807) is 0 Å². The van der Waals surface area contributed by atoms with E-state index in [4.69, 9.17) is 0 Å². The summed E-state index contributed by atoms with van der Waals surface area (Å²) in [5.41, 5.74) is 1.40. The lowest BCUT2D eigenvalue weighted by Crippen LogP contribution is -2.24. The van der Waals surface area contributed by atoms with E-state index in [2.05, 4.69) is 48.4 Å².